The Morgan fingerprint density at radius 3 is 2.30 bits per heavy atom. The summed E-state index contributed by atoms with van der Waals surface area (Å²) in [6.07, 6.45) is 0. The van der Waals surface area contributed by atoms with Crippen LogP contribution in [0.1, 0.15) is 31.1 Å². The number of anilines is 1. The maximum Gasteiger partial charge on any atom is 0.341 e. The molecule has 0 radical (unpaired) electrons. The number of esters is 1. The molecule has 0 saturated carbocycles. The van der Waals surface area contributed by atoms with E-state index in [1.807, 2.05) is 38.3 Å². The lowest BCUT2D eigenvalue weighted by Crippen LogP contribution is -2.28. The van der Waals surface area contributed by atoms with Crippen LogP contribution >= 0.6 is 22.9 Å². The second-order valence-electron chi connectivity index (χ2n) is 6.06. The first-order chi connectivity index (χ1) is 10.7. The molecule has 1 amide bonds. The fourth-order valence-corrected chi connectivity index (χ4v) is 2.97. The number of benzene rings is 1. The molecule has 2 rings (SSSR count). The van der Waals surface area contributed by atoms with Crippen LogP contribution < -0.4 is 5.32 Å². The molecule has 1 N–H and O–H groups in total. The van der Waals surface area contributed by atoms with E-state index in [-0.39, 0.29) is 5.91 Å². The summed E-state index contributed by atoms with van der Waals surface area (Å²) < 4.78 is 4.88. The quantitative estimate of drug-likeness (QED) is 0.805. The Bertz CT molecular complexity index is 729. The van der Waals surface area contributed by atoms with Crippen molar-refractivity contribution in [1.82, 2.24) is 0 Å². The maximum atomic E-state index is 12.2. The van der Waals surface area contributed by atoms with Crippen molar-refractivity contribution in [2.75, 3.05) is 12.4 Å². The number of thiophene rings is 1. The summed E-state index contributed by atoms with van der Waals surface area (Å²) in [6.45, 7) is 5.44. The number of carbonyl (C=O) groups is 2. The number of hydrogen-bond acceptors (Lipinski definition) is 4. The van der Waals surface area contributed by atoms with Crippen molar-refractivity contribution in [2.45, 2.75) is 20.8 Å². The monoisotopic (exact) mass is 351 g/mol. The fourth-order valence-electron chi connectivity index (χ4n) is 1.89. The van der Waals surface area contributed by atoms with Crippen LogP contribution in [0.3, 0.4) is 0 Å². The molecular formula is C17H18ClNO3S. The molecule has 0 atom stereocenters. The summed E-state index contributed by atoms with van der Waals surface area (Å²) in [5, 5.41) is 5.75. The molecule has 0 aliphatic rings. The highest BCUT2D eigenvalue weighted by Gasteiger charge is 2.26. The minimum atomic E-state index is -0.558. The number of carbonyl (C=O) groups excluding carboxylic acids is 2. The van der Waals surface area contributed by atoms with Gasteiger partial charge in [-0.3, -0.25) is 4.79 Å². The zero-order valence-electron chi connectivity index (χ0n) is 13.4. The van der Waals surface area contributed by atoms with Gasteiger partial charge in [0.25, 0.3) is 0 Å². The van der Waals surface area contributed by atoms with Gasteiger partial charge in [0.15, 0.2) is 0 Å². The minimum Gasteiger partial charge on any atom is -0.465 e. The van der Waals surface area contributed by atoms with Gasteiger partial charge in [0.1, 0.15) is 10.6 Å². The molecule has 0 spiro atoms. The Balaban J connectivity index is 2.47. The number of halogens is 1. The van der Waals surface area contributed by atoms with Crippen molar-refractivity contribution >= 4 is 39.8 Å². The van der Waals surface area contributed by atoms with Crippen molar-refractivity contribution in [3.63, 3.8) is 0 Å². The van der Waals surface area contributed by atoms with Crippen LogP contribution in [0, 0.1) is 5.41 Å². The molecule has 4 nitrogen and oxygen atoms in total. The highest BCUT2D eigenvalue weighted by molar-refractivity contribution is 7.15. The predicted molar refractivity (Wildman–Crippen MR) is 94.2 cm³/mol. The van der Waals surface area contributed by atoms with E-state index in [1.54, 1.807) is 12.1 Å². The molecule has 0 bridgehead atoms. The van der Waals surface area contributed by atoms with E-state index >= 15 is 0 Å². The Morgan fingerprint density at radius 1 is 1.17 bits per heavy atom. The third-order valence-corrected chi connectivity index (χ3v) is 4.39. The number of nitrogens with one attached hydrogen (secondary N) is 1. The van der Waals surface area contributed by atoms with Gasteiger partial charge < -0.3 is 10.1 Å². The van der Waals surface area contributed by atoms with Crippen molar-refractivity contribution < 1.29 is 14.3 Å². The van der Waals surface area contributed by atoms with Crippen LogP contribution in [0.4, 0.5) is 5.00 Å². The summed E-state index contributed by atoms with van der Waals surface area (Å²) in [5.41, 5.74) is 1.35. The van der Waals surface area contributed by atoms with Crippen LogP contribution in [0.25, 0.3) is 11.1 Å². The molecule has 23 heavy (non-hydrogen) atoms. The molecular weight excluding hydrogens is 334 g/mol. The minimum absolute atomic E-state index is 0.160. The molecule has 122 valence electrons. The van der Waals surface area contributed by atoms with E-state index in [1.165, 1.54) is 18.4 Å². The third kappa shape index (κ3) is 3.92. The van der Waals surface area contributed by atoms with E-state index in [4.69, 9.17) is 16.3 Å². The van der Waals surface area contributed by atoms with E-state index in [0.29, 0.717) is 21.2 Å². The van der Waals surface area contributed by atoms with Gasteiger partial charge in [-0.1, -0.05) is 44.5 Å². The molecule has 0 saturated heterocycles. The lowest BCUT2D eigenvalue weighted by molar-refractivity contribution is -0.123. The van der Waals surface area contributed by atoms with Gasteiger partial charge in [0.2, 0.25) is 5.91 Å². The molecule has 6 heteroatoms. The van der Waals surface area contributed by atoms with Crippen molar-refractivity contribution in [3.05, 3.63) is 40.2 Å². The fraction of sp³-hybridized carbons (Fsp3) is 0.294. The molecule has 0 unspecified atom stereocenters. The van der Waals surface area contributed by atoms with Crippen molar-refractivity contribution in [2.24, 2.45) is 5.41 Å². The number of amides is 1. The van der Waals surface area contributed by atoms with Crippen LogP contribution in [0.15, 0.2) is 29.6 Å². The summed E-state index contributed by atoms with van der Waals surface area (Å²) in [5.74, 6) is -0.646. The Morgan fingerprint density at radius 2 is 1.78 bits per heavy atom. The first kappa shape index (κ1) is 17.5. The molecule has 1 aromatic carbocycles. The normalized spacial score (nSPS) is 11.2. The zero-order valence-corrected chi connectivity index (χ0v) is 15.0. The molecule has 0 aliphatic heterocycles. The predicted octanol–water partition coefficient (Wildman–Crippen LogP) is 4.84. The molecule has 1 aromatic heterocycles. The van der Waals surface area contributed by atoms with Crippen molar-refractivity contribution in [1.29, 1.82) is 0 Å². The van der Waals surface area contributed by atoms with Crippen molar-refractivity contribution in [3.8, 4) is 11.1 Å². The summed E-state index contributed by atoms with van der Waals surface area (Å²) >= 11 is 7.20. The second-order valence-corrected chi connectivity index (χ2v) is 7.37. The van der Waals surface area contributed by atoms with Gasteiger partial charge in [-0.2, -0.15) is 0 Å². The number of methoxy groups -OCH3 is 1. The van der Waals surface area contributed by atoms with E-state index in [9.17, 15) is 9.59 Å². The average Bonchev–Trinajstić information content (AvgIpc) is 2.90. The highest BCUT2D eigenvalue weighted by Crippen LogP contribution is 2.37. The van der Waals surface area contributed by atoms with Gasteiger partial charge in [-0.15, -0.1) is 11.3 Å². The maximum absolute atomic E-state index is 12.2. The van der Waals surface area contributed by atoms with Crippen LogP contribution in [0.5, 0.6) is 0 Å². The largest absolute Gasteiger partial charge is 0.465 e. The van der Waals surface area contributed by atoms with Crippen LogP contribution in [-0.2, 0) is 9.53 Å². The van der Waals surface area contributed by atoms with E-state index in [0.717, 1.165) is 5.56 Å². The van der Waals surface area contributed by atoms with E-state index < -0.39 is 11.4 Å². The smallest absolute Gasteiger partial charge is 0.341 e. The van der Waals surface area contributed by atoms with Gasteiger partial charge >= 0.3 is 5.97 Å². The van der Waals surface area contributed by atoms with Gasteiger partial charge in [0, 0.05) is 21.4 Å². The number of rotatable bonds is 3. The Kier molecular flexibility index (Phi) is 5.12. The SMILES string of the molecule is COC(=O)c1c(-c2ccc(Cl)cc2)csc1NC(=O)C(C)(C)C. The van der Waals surface area contributed by atoms with Gasteiger partial charge in [-0.25, -0.2) is 4.79 Å². The molecule has 1 heterocycles. The summed E-state index contributed by atoms with van der Waals surface area (Å²) in [4.78, 5) is 24.4. The average molecular weight is 352 g/mol. The molecule has 0 fully saturated rings. The molecule has 2 aromatic rings. The lowest BCUT2D eigenvalue weighted by Gasteiger charge is -2.17. The molecule has 0 aliphatic carbocycles. The van der Waals surface area contributed by atoms with Crippen LogP contribution in [0.2, 0.25) is 5.02 Å². The Hall–Kier alpha value is -1.85. The third-order valence-electron chi connectivity index (χ3n) is 3.24. The number of ether oxygens (including phenoxy) is 1. The van der Waals surface area contributed by atoms with Gasteiger partial charge in [-0.05, 0) is 17.7 Å². The highest BCUT2D eigenvalue weighted by atomic mass is 35.5. The lowest BCUT2D eigenvalue weighted by atomic mass is 9.95. The van der Waals surface area contributed by atoms with Gasteiger partial charge in [0.05, 0.1) is 7.11 Å². The summed E-state index contributed by atoms with van der Waals surface area (Å²) in [6, 6.07) is 7.16. The number of hydrogen-bond donors (Lipinski definition) is 1. The zero-order chi connectivity index (χ0) is 17.2. The van der Waals surface area contributed by atoms with Crippen LogP contribution in [-0.4, -0.2) is 19.0 Å². The summed E-state index contributed by atoms with van der Waals surface area (Å²) in [7, 11) is 1.32. The first-order valence-corrected chi connectivity index (χ1v) is 8.27. The Labute approximate surface area is 144 Å². The first-order valence-electron chi connectivity index (χ1n) is 7.01. The second kappa shape index (κ2) is 6.72. The van der Waals surface area contributed by atoms with E-state index in [2.05, 4.69) is 5.32 Å². The standard InChI is InChI=1S/C17H18ClNO3S/c1-17(2,3)16(21)19-14-13(15(20)22-4)12(9-23-14)10-5-7-11(18)8-6-10/h5-9H,1-4H3,(H,19,21). The topological polar surface area (TPSA) is 55.4 Å².